The number of para-hydroxylation sites is 3. The van der Waals surface area contributed by atoms with Crippen LogP contribution in [0, 0.1) is 0 Å². The lowest BCUT2D eigenvalue weighted by Crippen LogP contribution is -2.27. The quantitative estimate of drug-likeness (QED) is 0.173. The van der Waals surface area contributed by atoms with E-state index in [1.165, 1.54) is 44.3 Å². The first-order chi connectivity index (χ1) is 25.8. The van der Waals surface area contributed by atoms with E-state index in [1.54, 1.807) is 0 Å². The van der Waals surface area contributed by atoms with Crippen LogP contribution in [0.2, 0.25) is 0 Å². The van der Waals surface area contributed by atoms with Crippen molar-refractivity contribution in [2.45, 2.75) is 5.41 Å². The molecular formula is C48H28N4. The summed E-state index contributed by atoms with van der Waals surface area (Å²) >= 11 is 0. The lowest BCUT2D eigenvalue weighted by atomic mass is 9.72. The zero-order valence-corrected chi connectivity index (χ0v) is 28.0. The minimum Gasteiger partial charge on any atom is -0.295 e. The van der Waals surface area contributed by atoms with Crippen LogP contribution in [0.4, 0.5) is 0 Å². The van der Waals surface area contributed by atoms with Crippen molar-refractivity contribution in [3.8, 4) is 39.5 Å². The molecule has 8 aromatic carbocycles. The molecule has 0 fully saturated rings. The molecule has 0 amide bonds. The highest BCUT2D eigenvalue weighted by Gasteiger charge is 2.54. The summed E-state index contributed by atoms with van der Waals surface area (Å²) in [6, 6.07) is 60.8. The molecule has 2 aromatic heterocycles. The third-order valence-corrected chi connectivity index (χ3v) is 11.4. The summed E-state index contributed by atoms with van der Waals surface area (Å²) in [5.74, 6) is 1.74. The van der Waals surface area contributed by atoms with E-state index >= 15 is 0 Å². The first-order valence-electron chi connectivity index (χ1n) is 17.8. The molecule has 4 heteroatoms. The topological polar surface area (TPSA) is 43.6 Å². The van der Waals surface area contributed by atoms with E-state index in [9.17, 15) is 0 Å². The van der Waals surface area contributed by atoms with Gasteiger partial charge in [-0.1, -0.05) is 146 Å². The molecule has 0 saturated heterocycles. The summed E-state index contributed by atoms with van der Waals surface area (Å²) in [4.78, 5) is 16.4. The first-order valence-corrected chi connectivity index (χ1v) is 17.8. The van der Waals surface area contributed by atoms with Crippen LogP contribution in [-0.4, -0.2) is 19.5 Å². The minimum atomic E-state index is -0.598. The molecule has 10 aromatic rings. The van der Waals surface area contributed by atoms with Gasteiger partial charge in [0, 0.05) is 21.9 Å². The van der Waals surface area contributed by atoms with E-state index in [1.807, 2.05) is 0 Å². The molecule has 4 nitrogen and oxygen atoms in total. The standard InChI is InChI=1S/C48H28N4/c1-2-14-29(15-3-1)44-43-35-19-6-4-16-31(35)32-17-5-7-20-36(32)45(43)51-46(50-44)30-26-27-34-33-18-8-9-21-37(33)48(39(34)28-30)38-22-10-12-24-41(38)52-42-25-13-11-23-40(42)49-47(48)52/h1-28H. The molecule has 1 aliphatic heterocycles. The summed E-state index contributed by atoms with van der Waals surface area (Å²) in [6.45, 7) is 0. The smallest absolute Gasteiger partial charge is 0.160 e. The largest absolute Gasteiger partial charge is 0.295 e. The lowest BCUT2D eigenvalue weighted by Gasteiger charge is -2.27. The van der Waals surface area contributed by atoms with Gasteiger partial charge >= 0.3 is 0 Å². The highest BCUT2D eigenvalue weighted by Crippen LogP contribution is 2.60. The van der Waals surface area contributed by atoms with Gasteiger partial charge in [-0.25, -0.2) is 15.0 Å². The molecule has 0 radical (unpaired) electrons. The third kappa shape index (κ3) is 3.43. The zero-order chi connectivity index (χ0) is 34.0. The van der Waals surface area contributed by atoms with Gasteiger partial charge in [0.15, 0.2) is 5.82 Å². The Bertz CT molecular complexity index is 3140. The number of hydrogen-bond acceptors (Lipinski definition) is 3. The molecule has 0 saturated carbocycles. The van der Waals surface area contributed by atoms with E-state index in [2.05, 4.69) is 174 Å². The predicted molar refractivity (Wildman–Crippen MR) is 211 cm³/mol. The third-order valence-electron chi connectivity index (χ3n) is 11.4. The Morgan fingerprint density at radius 1 is 0.442 bits per heavy atom. The number of imidazole rings is 1. The molecule has 1 aliphatic carbocycles. The molecule has 12 rings (SSSR count). The SMILES string of the molecule is c1ccc(-c2nc(-c3ccc4c(c3)C3(c5ccccc5-4)c4ccccc4-n4c3nc3ccccc34)nc3c4ccccc4c4ccccc4c23)cc1. The average Bonchev–Trinajstić information content (AvgIpc) is 3.84. The van der Waals surface area contributed by atoms with Gasteiger partial charge in [0.05, 0.1) is 27.9 Å². The lowest BCUT2D eigenvalue weighted by molar-refractivity contribution is 0.738. The van der Waals surface area contributed by atoms with Crippen LogP contribution in [0.3, 0.4) is 0 Å². The monoisotopic (exact) mass is 660 g/mol. The second-order valence-corrected chi connectivity index (χ2v) is 13.9. The summed E-state index contributed by atoms with van der Waals surface area (Å²) in [5, 5.41) is 5.76. The summed E-state index contributed by atoms with van der Waals surface area (Å²) in [5.41, 5.74) is 12.8. The highest BCUT2D eigenvalue weighted by molar-refractivity contribution is 6.27. The molecule has 1 atom stereocenters. The minimum absolute atomic E-state index is 0.598. The molecule has 0 N–H and O–H groups in total. The maximum absolute atomic E-state index is 5.49. The number of benzene rings is 8. The van der Waals surface area contributed by atoms with Gasteiger partial charge in [0.1, 0.15) is 11.2 Å². The van der Waals surface area contributed by atoms with E-state index in [4.69, 9.17) is 15.0 Å². The molecular weight excluding hydrogens is 633 g/mol. The Hall–Kier alpha value is -6.91. The van der Waals surface area contributed by atoms with E-state index in [-0.39, 0.29) is 0 Å². The summed E-state index contributed by atoms with van der Waals surface area (Å²) < 4.78 is 2.38. The maximum Gasteiger partial charge on any atom is 0.160 e. The highest BCUT2D eigenvalue weighted by atomic mass is 15.1. The van der Waals surface area contributed by atoms with E-state index < -0.39 is 5.41 Å². The van der Waals surface area contributed by atoms with Gasteiger partial charge in [-0.3, -0.25) is 4.57 Å². The average molecular weight is 661 g/mol. The number of rotatable bonds is 2. The summed E-state index contributed by atoms with van der Waals surface area (Å²) in [6.07, 6.45) is 0. The van der Waals surface area contributed by atoms with Crippen LogP contribution in [0.25, 0.3) is 82.9 Å². The van der Waals surface area contributed by atoms with Crippen LogP contribution >= 0.6 is 0 Å². The molecule has 52 heavy (non-hydrogen) atoms. The van der Waals surface area contributed by atoms with Gasteiger partial charge in [0.2, 0.25) is 0 Å². The summed E-state index contributed by atoms with van der Waals surface area (Å²) in [7, 11) is 0. The van der Waals surface area contributed by atoms with Crippen LogP contribution in [-0.2, 0) is 5.41 Å². The van der Waals surface area contributed by atoms with Crippen molar-refractivity contribution in [3.63, 3.8) is 0 Å². The van der Waals surface area contributed by atoms with Crippen LogP contribution in [0.5, 0.6) is 0 Å². The molecule has 0 bridgehead atoms. The Labute approximate surface area is 299 Å². The van der Waals surface area contributed by atoms with Crippen LogP contribution in [0.15, 0.2) is 170 Å². The fourth-order valence-corrected chi connectivity index (χ4v) is 9.28. The van der Waals surface area contributed by atoms with Crippen LogP contribution < -0.4 is 0 Å². The van der Waals surface area contributed by atoms with Crippen molar-refractivity contribution < 1.29 is 0 Å². The van der Waals surface area contributed by atoms with Crippen molar-refractivity contribution in [2.24, 2.45) is 0 Å². The van der Waals surface area contributed by atoms with Crippen molar-refractivity contribution in [3.05, 3.63) is 192 Å². The molecule has 1 unspecified atom stereocenters. The molecule has 2 aliphatic rings. The Morgan fingerprint density at radius 2 is 1.10 bits per heavy atom. The van der Waals surface area contributed by atoms with Gasteiger partial charge in [-0.05, 0) is 68.2 Å². The second-order valence-electron chi connectivity index (χ2n) is 13.9. The fourth-order valence-electron chi connectivity index (χ4n) is 9.28. The zero-order valence-electron chi connectivity index (χ0n) is 28.0. The number of nitrogens with zero attached hydrogens (tertiary/aromatic N) is 4. The number of hydrogen-bond donors (Lipinski definition) is 0. The van der Waals surface area contributed by atoms with Gasteiger partial charge in [-0.2, -0.15) is 0 Å². The number of aromatic nitrogens is 4. The van der Waals surface area contributed by atoms with Crippen molar-refractivity contribution in [2.75, 3.05) is 0 Å². The second kappa shape index (κ2) is 10.1. The Balaban J connectivity index is 1.20. The van der Waals surface area contributed by atoms with Gasteiger partial charge in [0.25, 0.3) is 0 Å². The normalized spacial score (nSPS) is 15.4. The van der Waals surface area contributed by atoms with Crippen molar-refractivity contribution in [1.29, 1.82) is 0 Å². The Morgan fingerprint density at radius 3 is 1.96 bits per heavy atom. The first kappa shape index (κ1) is 27.9. The predicted octanol–water partition coefficient (Wildman–Crippen LogP) is 11.3. The Kier molecular flexibility index (Phi) is 5.40. The molecule has 1 spiro atoms. The number of fused-ring (bicyclic) bond motifs is 18. The van der Waals surface area contributed by atoms with Gasteiger partial charge in [-0.15, -0.1) is 0 Å². The van der Waals surface area contributed by atoms with Crippen molar-refractivity contribution in [1.82, 2.24) is 19.5 Å². The van der Waals surface area contributed by atoms with E-state index in [0.29, 0.717) is 5.82 Å². The van der Waals surface area contributed by atoms with Gasteiger partial charge < -0.3 is 0 Å². The fraction of sp³-hybridized carbons (Fsp3) is 0.0208. The van der Waals surface area contributed by atoms with Crippen LogP contribution in [0.1, 0.15) is 22.5 Å². The van der Waals surface area contributed by atoms with Crippen molar-refractivity contribution >= 4 is 43.5 Å². The molecule has 3 heterocycles. The van der Waals surface area contributed by atoms with E-state index in [0.717, 1.165) is 55.4 Å². The maximum atomic E-state index is 5.49. The molecule has 240 valence electrons.